The van der Waals surface area contributed by atoms with E-state index in [9.17, 15) is 0 Å². The van der Waals surface area contributed by atoms with E-state index in [0.717, 1.165) is 6.42 Å². The number of aliphatic hydroxyl groups excluding tert-OH is 1. The van der Waals surface area contributed by atoms with Crippen molar-refractivity contribution in [1.82, 2.24) is 0 Å². The molecule has 0 aliphatic rings. The molecule has 0 amide bonds. The maximum Gasteiger partial charge on any atom is 0.0431 e. The second-order valence-electron chi connectivity index (χ2n) is 13.4. The predicted molar refractivity (Wildman–Crippen MR) is 188 cm³/mol. The van der Waals surface area contributed by atoms with Gasteiger partial charge in [0.25, 0.3) is 0 Å². The summed E-state index contributed by atoms with van der Waals surface area (Å²) in [4.78, 5) is 0. The number of aliphatic hydroxyl groups is 1. The van der Waals surface area contributed by atoms with Crippen LogP contribution in [0.2, 0.25) is 0 Å². The topological polar surface area (TPSA) is 20.2 Å². The van der Waals surface area contributed by atoms with Crippen molar-refractivity contribution < 1.29 is 5.11 Å². The summed E-state index contributed by atoms with van der Waals surface area (Å²) in [7, 11) is 0. The Morgan fingerprint density at radius 1 is 0.268 bits per heavy atom. The molecule has 0 fully saturated rings. The number of rotatable bonds is 37. The van der Waals surface area contributed by atoms with Gasteiger partial charge < -0.3 is 5.11 Å². The molecule has 0 bridgehead atoms. The summed E-state index contributed by atoms with van der Waals surface area (Å²) >= 11 is 0. The largest absolute Gasteiger partial charge is 0.396 e. The molecule has 0 aliphatic heterocycles. The quantitative estimate of drug-likeness (QED) is 0.0576. The summed E-state index contributed by atoms with van der Waals surface area (Å²) < 4.78 is 0. The van der Waals surface area contributed by atoms with Crippen molar-refractivity contribution in [2.24, 2.45) is 0 Å². The Morgan fingerprint density at radius 2 is 0.463 bits per heavy atom. The fourth-order valence-electron chi connectivity index (χ4n) is 6.25. The van der Waals surface area contributed by atoms with Crippen molar-refractivity contribution in [1.29, 1.82) is 0 Å². The zero-order valence-electron chi connectivity index (χ0n) is 28.8. The third-order valence-electron chi connectivity index (χ3n) is 9.17. The van der Waals surface area contributed by atoms with Crippen molar-refractivity contribution in [2.75, 3.05) is 6.61 Å². The van der Waals surface area contributed by atoms with Crippen LogP contribution in [-0.2, 0) is 0 Å². The Bertz CT molecular complexity index is 456. The van der Waals surface area contributed by atoms with E-state index in [-0.39, 0.29) is 0 Å². The van der Waals surface area contributed by atoms with Gasteiger partial charge in [0.15, 0.2) is 0 Å². The van der Waals surface area contributed by atoms with Crippen LogP contribution < -0.4 is 0 Å². The standard InChI is InChI=1S/C40H80O/c1-2-3-4-5-6-7-8-9-10-11-12-13-14-15-16-17-18-19-20-21-22-23-24-25-26-27-28-29-30-31-32-33-34-35-36-37-38-39-40-41/h25-26,41H,2-24,27-40H2,1H3. The number of hydrogen-bond donors (Lipinski definition) is 1. The highest BCUT2D eigenvalue weighted by molar-refractivity contribution is 4.81. The first kappa shape index (κ1) is 40.7. The minimum absolute atomic E-state index is 0.371. The van der Waals surface area contributed by atoms with Gasteiger partial charge in [-0.2, -0.15) is 0 Å². The Morgan fingerprint density at radius 3 is 0.683 bits per heavy atom. The smallest absolute Gasteiger partial charge is 0.0431 e. The summed E-state index contributed by atoms with van der Waals surface area (Å²) in [6.07, 6.45) is 56.0. The predicted octanol–water partition coefficient (Wildman–Crippen LogP) is 14.6. The van der Waals surface area contributed by atoms with E-state index in [0.29, 0.717) is 6.61 Å². The molecular formula is C40H80O. The lowest BCUT2D eigenvalue weighted by molar-refractivity contribution is 0.282. The second-order valence-corrected chi connectivity index (χ2v) is 13.4. The van der Waals surface area contributed by atoms with Crippen LogP contribution in [0.15, 0.2) is 12.2 Å². The lowest BCUT2D eigenvalue weighted by Crippen LogP contribution is -1.85. The van der Waals surface area contributed by atoms with Crippen molar-refractivity contribution in [3.8, 4) is 0 Å². The third-order valence-corrected chi connectivity index (χ3v) is 9.17. The van der Waals surface area contributed by atoms with Crippen LogP contribution in [0.3, 0.4) is 0 Å². The molecule has 0 aliphatic carbocycles. The first-order valence-corrected chi connectivity index (χ1v) is 19.7. The molecule has 0 heterocycles. The molecule has 0 rings (SSSR count). The van der Waals surface area contributed by atoms with E-state index in [1.54, 1.807) is 0 Å². The van der Waals surface area contributed by atoms with E-state index >= 15 is 0 Å². The van der Waals surface area contributed by atoms with E-state index in [1.165, 1.54) is 225 Å². The first-order chi connectivity index (χ1) is 20.4. The van der Waals surface area contributed by atoms with Gasteiger partial charge in [0.05, 0.1) is 0 Å². The summed E-state index contributed by atoms with van der Waals surface area (Å²) in [6.45, 7) is 2.68. The highest BCUT2D eigenvalue weighted by Crippen LogP contribution is 2.16. The monoisotopic (exact) mass is 577 g/mol. The maximum absolute atomic E-state index is 8.79. The lowest BCUT2D eigenvalue weighted by atomic mass is 10.0. The normalized spacial score (nSPS) is 11.8. The number of hydrogen-bond acceptors (Lipinski definition) is 1. The molecule has 0 radical (unpaired) electrons. The van der Waals surface area contributed by atoms with E-state index in [4.69, 9.17) is 5.11 Å². The van der Waals surface area contributed by atoms with Crippen LogP contribution in [0.5, 0.6) is 0 Å². The molecule has 41 heavy (non-hydrogen) atoms. The fourth-order valence-corrected chi connectivity index (χ4v) is 6.25. The van der Waals surface area contributed by atoms with Crippen molar-refractivity contribution in [3.05, 3.63) is 12.2 Å². The molecule has 0 spiro atoms. The zero-order valence-corrected chi connectivity index (χ0v) is 28.8. The van der Waals surface area contributed by atoms with Gasteiger partial charge in [0.1, 0.15) is 0 Å². The third kappa shape index (κ3) is 39.7. The minimum Gasteiger partial charge on any atom is -0.396 e. The van der Waals surface area contributed by atoms with Crippen LogP contribution >= 0.6 is 0 Å². The van der Waals surface area contributed by atoms with Crippen molar-refractivity contribution in [2.45, 2.75) is 238 Å². The number of unbranched alkanes of at least 4 members (excludes halogenated alkanes) is 34. The maximum atomic E-state index is 8.79. The lowest BCUT2D eigenvalue weighted by Gasteiger charge is -2.04. The molecule has 0 saturated heterocycles. The molecule has 0 aromatic heterocycles. The molecule has 0 unspecified atom stereocenters. The molecular weight excluding hydrogens is 496 g/mol. The van der Waals surface area contributed by atoms with Crippen LogP contribution in [0.25, 0.3) is 0 Å². The SMILES string of the molecule is CCCCCCCCCCCCCCCCCCCCCCCCC=CCCCCCCCCCCCCCCO. The van der Waals surface area contributed by atoms with Gasteiger partial charge in [0.2, 0.25) is 0 Å². The molecule has 1 heteroatoms. The molecule has 1 nitrogen and oxygen atoms in total. The Balaban J connectivity index is 3.07. The van der Waals surface area contributed by atoms with Gasteiger partial charge >= 0.3 is 0 Å². The van der Waals surface area contributed by atoms with Crippen LogP contribution in [0.1, 0.15) is 238 Å². The molecule has 246 valence electrons. The molecule has 0 atom stereocenters. The van der Waals surface area contributed by atoms with Gasteiger partial charge in [-0.25, -0.2) is 0 Å². The summed E-state index contributed by atoms with van der Waals surface area (Å²) in [6, 6.07) is 0. The molecule has 0 aromatic rings. The fraction of sp³-hybridized carbons (Fsp3) is 0.950. The average Bonchev–Trinajstić information content (AvgIpc) is 2.98. The Hall–Kier alpha value is -0.300. The van der Waals surface area contributed by atoms with Gasteiger partial charge in [0, 0.05) is 6.61 Å². The van der Waals surface area contributed by atoms with Crippen LogP contribution in [0, 0.1) is 0 Å². The van der Waals surface area contributed by atoms with E-state index < -0.39 is 0 Å². The molecule has 1 N–H and O–H groups in total. The Labute approximate surface area is 261 Å². The highest BCUT2D eigenvalue weighted by atomic mass is 16.2. The summed E-state index contributed by atoms with van der Waals surface area (Å²) in [5, 5.41) is 8.79. The second kappa shape index (κ2) is 39.7. The van der Waals surface area contributed by atoms with Gasteiger partial charge in [-0.3, -0.25) is 0 Å². The Kier molecular flexibility index (Phi) is 39.4. The minimum atomic E-state index is 0.371. The van der Waals surface area contributed by atoms with Crippen LogP contribution in [-0.4, -0.2) is 11.7 Å². The van der Waals surface area contributed by atoms with Gasteiger partial charge in [-0.15, -0.1) is 0 Å². The first-order valence-electron chi connectivity index (χ1n) is 19.7. The van der Waals surface area contributed by atoms with Gasteiger partial charge in [-0.05, 0) is 32.1 Å². The van der Waals surface area contributed by atoms with Crippen molar-refractivity contribution >= 4 is 0 Å². The molecule has 0 saturated carbocycles. The average molecular weight is 577 g/mol. The van der Waals surface area contributed by atoms with Crippen LogP contribution in [0.4, 0.5) is 0 Å². The number of allylic oxidation sites excluding steroid dienone is 2. The van der Waals surface area contributed by atoms with E-state index in [2.05, 4.69) is 19.1 Å². The molecule has 0 aromatic carbocycles. The summed E-state index contributed by atoms with van der Waals surface area (Å²) in [5.74, 6) is 0. The highest BCUT2D eigenvalue weighted by Gasteiger charge is 1.96. The zero-order chi connectivity index (χ0) is 29.6. The van der Waals surface area contributed by atoms with E-state index in [1.807, 2.05) is 0 Å². The van der Waals surface area contributed by atoms with Crippen molar-refractivity contribution in [3.63, 3.8) is 0 Å². The summed E-state index contributed by atoms with van der Waals surface area (Å²) in [5.41, 5.74) is 0. The van der Waals surface area contributed by atoms with Gasteiger partial charge in [-0.1, -0.05) is 218 Å².